The lowest BCUT2D eigenvalue weighted by molar-refractivity contribution is 0.0967. The summed E-state index contributed by atoms with van der Waals surface area (Å²) in [5.41, 5.74) is 0.252. The summed E-state index contributed by atoms with van der Waals surface area (Å²) in [6, 6.07) is 3.07. The van der Waals surface area contributed by atoms with Gasteiger partial charge in [0.1, 0.15) is 22.8 Å². The highest BCUT2D eigenvalue weighted by molar-refractivity contribution is 6.01. The van der Waals surface area contributed by atoms with Crippen molar-refractivity contribution < 1.29 is 19.4 Å². The first kappa shape index (κ1) is 16.6. The molecule has 1 heterocycles. The molecule has 0 spiro atoms. The molecule has 0 atom stereocenters. The van der Waals surface area contributed by atoms with Gasteiger partial charge < -0.3 is 19.5 Å². The summed E-state index contributed by atoms with van der Waals surface area (Å²) < 4.78 is 10.3. The number of phenols is 1. The minimum absolute atomic E-state index is 0.0841. The Hall–Kier alpha value is -1.75. The number of likely N-dealkylation sites (tertiary alicyclic amines) is 1. The Balaban J connectivity index is 1.96. The van der Waals surface area contributed by atoms with Gasteiger partial charge in [-0.05, 0) is 38.9 Å². The van der Waals surface area contributed by atoms with E-state index in [0.717, 1.165) is 26.1 Å². The number of methoxy groups -OCH3 is 2. The van der Waals surface area contributed by atoms with Crippen LogP contribution in [0, 0.1) is 0 Å². The molecule has 2 rings (SSSR count). The van der Waals surface area contributed by atoms with E-state index in [1.54, 1.807) is 6.07 Å². The number of phenolic OH excluding ortho intramolecular Hbond substituents is 1. The van der Waals surface area contributed by atoms with Crippen molar-refractivity contribution in [2.24, 2.45) is 0 Å². The fourth-order valence-electron chi connectivity index (χ4n) is 2.91. The highest BCUT2D eigenvalue weighted by Gasteiger charge is 2.19. The van der Waals surface area contributed by atoms with Crippen molar-refractivity contribution in [3.05, 3.63) is 17.7 Å². The lowest BCUT2D eigenvalue weighted by Gasteiger charge is -2.26. The number of hydrogen-bond acceptors (Lipinski definition) is 5. The Labute approximate surface area is 131 Å². The maximum atomic E-state index is 12.4. The van der Waals surface area contributed by atoms with Gasteiger partial charge in [-0.1, -0.05) is 6.42 Å². The van der Waals surface area contributed by atoms with Crippen LogP contribution in [0.2, 0.25) is 0 Å². The number of rotatable bonds is 7. The summed E-state index contributed by atoms with van der Waals surface area (Å²) in [7, 11) is 2.99. The van der Waals surface area contributed by atoms with Crippen LogP contribution in [0.1, 0.15) is 42.5 Å². The number of ether oxygens (including phenoxy) is 2. The summed E-state index contributed by atoms with van der Waals surface area (Å²) in [6.07, 6.45) is 5.02. The van der Waals surface area contributed by atoms with Crippen LogP contribution in [0.25, 0.3) is 0 Å². The summed E-state index contributed by atoms with van der Waals surface area (Å²) >= 11 is 0. The van der Waals surface area contributed by atoms with Crippen LogP contribution >= 0.6 is 0 Å². The molecular formula is C17H25NO4. The minimum atomic E-state index is -0.0889. The number of Topliss-reactive ketones (excluding diaryl/α,β-unsaturated/α-hetero) is 1. The van der Waals surface area contributed by atoms with E-state index in [-0.39, 0.29) is 17.1 Å². The molecule has 0 saturated carbocycles. The van der Waals surface area contributed by atoms with E-state index in [9.17, 15) is 9.90 Å². The average Bonchev–Trinajstić information content (AvgIpc) is 2.54. The topological polar surface area (TPSA) is 59.0 Å². The van der Waals surface area contributed by atoms with Crippen molar-refractivity contribution in [1.82, 2.24) is 4.90 Å². The zero-order chi connectivity index (χ0) is 15.9. The Morgan fingerprint density at radius 2 is 1.91 bits per heavy atom. The normalized spacial score (nSPS) is 15.5. The van der Waals surface area contributed by atoms with E-state index in [1.807, 2.05) is 0 Å². The molecule has 122 valence electrons. The van der Waals surface area contributed by atoms with Gasteiger partial charge in [-0.2, -0.15) is 0 Å². The standard InChI is InChI=1S/C17H25NO4/c1-21-13-11-15(20)17(16(12-13)22-2)14(19)7-6-10-18-8-4-3-5-9-18/h11-12,20H,3-10H2,1-2H3. The van der Waals surface area contributed by atoms with Gasteiger partial charge in [-0.25, -0.2) is 0 Å². The number of ketones is 1. The van der Waals surface area contributed by atoms with Crippen molar-refractivity contribution in [3.8, 4) is 17.2 Å². The van der Waals surface area contributed by atoms with E-state index < -0.39 is 0 Å². The molecule has 22 heavy (non-hydrogen) atoms. The van der Waals surface area contributed by atoms with E-state index in [4.69, 9.17) is 9.47 Å². The minimum Gasteiger partial charge on any atom is -0.507 e. The molecule has 1 aromatic rings. The molecule has 0 aromatic heterocycles. The van der Waals surface area contributed by atoms with Crippen molar-refractivity contribution >= 4 is 5.78 Å². The van der Waals surface area contributed by atoms with E-state index >= 15 is 0 Å². The van der Waals surface area contributed by atoms with Crippen LogP contribution in [0.4, 0.5) is 0 Å². The second-order valence-electron chi connectivity index (χ2n) is 5.65. The highest BCUT2D eigenvalue weighted by Crippen LogP contribution is 2.34. The lowest BCUT2D eigenvalue weighted by atomic mass is 10.0. The van der Waals surface area contributed by atoms with Crippen molar-refractivity contribution in [2.75, 3.05) is 33.9 Å². The molecule has 1 aliphatic rings. The van der Waals surface area contributed by atoms with Crippen molar-refractivity contribution in [1.29, 1.82) is 0 Å². The number of carbonyl (C=O) groups excluding carboxylic acids is 1. The molecule has 1 N–H and O–H groups in total. The van der Waals surface area contributed by atoms with Crippen molar-refractivity contribution in [3.63, 3.8) is 0 Å². The third kappa shape index (κ3) is 4.13. The van der Waals surface area contributed by atoms with Gasteiger partial charge in [0.05, 0.1) is 14.2 Å². The van der Waals surface area contributed by atoms with Crippen LogP contribution in [-0.2, 0) is 0 Å². The first-order chi connectivity index (χ1) is 10.7. The zero-order valence-electron chi connectivity index (χ0n) is 13.4. The average molecular weight is 307 g/mol. The Morgan fingerprint density at radius 1 is 1.18 bits per heavy atom. The molecule has 0 unspecified atom stereocenters. The van der Waals surface area contributed by atoms with E-state index in [0.29, 0.717) is 17.9 Å². The summed E-state index contributed by atoms with van der Waals surface area (Å²) in [5.74, 6) is 0.659. The largest absolute Gasteiger partial charge is 0.507 e. The Kier molecular flexibility index (Phi) is 6.07. The number of benzene rings is 1. The van der Waals surface area contributed by atoms with Gasteiger partial charge in [0.15, 0.2) is 5.78 Å². The number of hydrogen-bond donors (Lipinski definition) is 1. The molecule has 0 amide bonds. The first-order valence-electron chi connectivity index (χ1n) is 7.86. The van der Waals surface area contributed by atoms with Crippen LogP contribution < -0.4 is 9.47 Å². The molecule has 5 heteroatoms. The van der Waals surface area contributed by atoms with Gasteiger partial charge >= 0.3 is 0 Å². The molecular weight excluding hydrogens is 282 g/mol. The molecule has 1 saturated heterocycles. The quantitative estimate of drug-likeness (QED) is 0.785. The van der Waals surface area contributed by atoms with Crippen LogP contribution in [-0.4, -0.2) is 49.6 Å². The van der Waals surface area contributed by atoms with Gasteiger partial charge in [-0.3, -0.25) is 4.79 Å². The summed E-state index contributed by atoms with van der Waals surface area (Å²) in [5, 5.41) is 10.1. The third-order valence-corrected chi connectivity index (χ3v) is 4.12. The van der Waals surface area contributed by atoms with Gasteiger partial charge in [0, 0.05) is 18.6 Å². The number of nitrogens with zero attached hydrogens (tertiary/aromatic N) is 1. The summed E-state index contributed by atoms with van der Waals surface area (Å²) in [6.45, 7) is 3.20. The van der Waals surface area contributed by atoms with E-state index in [1.165, 1.54) is 39.5 Å². The number of aromatic hydroxyl groups is 1. The van der Waals surface area contributed by atoms with Crippen LogP contribution in [0.3, 0.4) is 0 Å². The fourth-order valence-corrected chi connectivity index (χ4v) is 2.91. The molecule has 0 aliphatic carbocycles. The van der Waals surface area contributed by atoms with Crippen LogP contribution in [0.15, 0.2) is 12.1 Å². The van der Waals surface area contributed by atoms with Gasteiger partial charge in [-0.15, -0.1) is 0 Å². The molecule has 1 aromatic carbocycles. The third-order valence-electron chi connectivity index (χ3n) is 4.12. The molecule has 5 nitrogen and oxygen atoms in total. The number of carbonyl (C=O) groups is 1. The molecule has 0 bridgehead atoms. The zero-order valence-corrected chi connectivity index (χ0v) is 13.4. The maximum Gasteiger partial charge on any atom is 0.170 e. The van der Waals surface area contributed by atoms with Crippen LogP contribution in [0.5, 0.6) is 17.2 Å². The fraction of sp³-hybridized carbons (Fsp3) is 0.588. The SMILES string of the molecule is COc1cc(O)c(C(=O)CCCN2CCCCC2)c(OC)c1. The second kappa shape index (κ2) is 8.03. The highest BCUT2D eigenvalue weighted by atomic mass is 16.5. The predicted molar refractivity (Wildman–Crippen MR) is 85.1 cm³/mol. The van der Waals surface area contributed by atoms with Crippen molar-refractivity contribution in [2.45, 2.75) is 32.1 Å². The smallest absolute Gasteiger partial charge is 0.170 e. The molecule has 0 radical (unpaired) electrons. The first-order valence-corrected chi connectivity index (χ1v) is 7.86. The maximum absolute atomic E-state index is 12.4. The second-order valence-corrected chi connectivity index (χ2v) is 5.65. The molecule has 1 fully saturated rings. The predicted octanol–water partition coefficient (Wildman–Crippen LogP) is 2.86. The Morgan fingerprint density at radius 3 is 2.55 bits per heavy atom. The molecule has 1 aliphatic heterocycles. The summed E-state index contributed by atoms with van der Waals surface area (Å²) in [4.78, 5) is 14.8. The van der Waals surface area contributed by atoms with Gasteiger partial charge in [0.25, 0.3) is 0 Å². The lowest BCUT2D eigenvalue weighted by Crippen LogP contribution is -2.30. The monoisotopic (exact) mass is 307 g/mol. The van der Waals surface area contributed by atoms with Gasteiger partial charge in [0.2, 0.25) is 0 Å². The number of piperidine rings is 1. The Bertz CT molecular complexity index is 510. The van der Waals surface area contributed by atoms with E-state index in [2.05, 4.69) is 4.90 Å².